The molecule has 0 atom stereocenters. The van der Waals surface area contributed by atoms with E-state index in [0.717, 1.165) is 12.8 Å². The number of carboxylic acid groups (broad SMARTS) is 1. The Bertz CT molecular complexity index is 654. The molecule has 0 aromatic carbocycles. The van der Waals surface area contributed by atoms with E-state index in [1.807, 2.05) is 0 Å². The Morgan fingerprint density at radius 1 is 1.33 bits per heavy atom. The van der Waals surface area contributed by atoms with E-state index >= 15 is 0 Å². The van der Waals surface area contributed by atoms with Crippen LogP contribution in [-0.4, -0.2) is 27.7 Å². The van der Waals surface area contributed by atoms with Gasteiger partial charge >= 0.3 is 5.97 Å². The Labute approximate surface area is 123 Å². The highest BCUT2D eigenvalue weighted by molar-refractivity contribution is 5.92. The Balaban J connectivity index is 2.42. The number of aromatic nitrogens is 2. The zero-order valence-electron chi connectivity index (χ0n) is 12.2. The number of ether oxygens (including phenoxy) is 1. The summed E-state index contributed by atoms with van der Waals surface area (Å²) in [7, 11) is 0. The van der Waals surface area contributed by atoms with Crippen molar-refractivity contribution < 1.29 is 14.6 Å². The van der Waals surface area contributed by atoms with Crippen LogP contribution in [0.25, 0.3) is 11.0 Å². The number of nitrogen functional groups attached to an aromatic ring is 1. The maximum atomic E-state index is 11.2. The zero-order valence-corrected chi connectivity index (χ0v) is 12.2. The maximum absolute atomic E-state index is 11.2. The zero-order chi connectivity index (χ0) is 15.4. The van der Waals surface area contributed by atoms with Gasteiger partial charge in [-0.2, -0.15) is 0 Å². The lowest BCUT2D eigenvalue weighted by Gasteiger charge is -2.15. The maximum Gasteiger partial charge on any atom is 0.354 e. The summed E-state index contributed by atoms with van der Waals surface area (Å²) in [6.07, 6.45) is 2.02. The number of nitrogens with two attached hydrogens (primary N) is 1. The first-order chi connectivity index (χ1) is 10.0. The molecule has 112 valence electrons. The number of anilines is 1. The van der Waals surface area contributed by atoms with Gasteiger partial charge in [-0.3, -0.25) is 0 Å². The van der Waals surface area contributed by atoms with Gasteiger partial charge in [0.15, 0.2) is 11.3 Å². The summed E-state index contributed by atoms with van der Waals surface area (Å²) in [5, 5.41) is 9.80. The quantitative estimate of drug-likeness (QED) is 0.848. The fourth-order valence-electron chi connectivity index (χ4n) is 2.05. The number of nitrogens with zero attached hydrogens (tertiary/aromatic N) is 2. The molecule has 6 nitrogen and oxygen atoms in total. The van der Waals surface area contributed by atoms with Gasteiger partial charge in [0.05, 0.1) is 12.0 Å². The van der Waals surface area contributed by atoms with Crippen LogP contribution in [0.4, 0.5) is 5.82 Å². The van der Waals surface area contributed by atoms with Crippen molar-refractivity contribution in [1.82, 2.24) is 9.97 Å². The van der Waals surface area contributed by atoms with Crippen LogP contribution in [0.3, 0.4) is 0 Å². The van der Waals surface area contributed by atoms with Crippen LogP contribution in [0.5, 0.6) is 5.75 Å². The van der Waals surface area contributed by atoms with Gasteiger partial charge in [0, 0.05) is 6.07 Å². The second-order valence-electron chi connectivity index (χ2n) is 4.91. The van der Waals surface area contributed by atoms with Gasteiger partial charge in [0.1, 0.15) is 11.6 Å². The molecule has 0 unspecified atom stereocenters. The molecule has 6 heteroatoms. The number of carbonyl (C=O) groups is 1. The molecule has 2 rings (SSSR count). The summed E-state index contributed by atoms with van der Waals surface area (Å²) in [6.45, 7) is 4.75. The van der Waals surface area contributed by atoms with Crippen molar-refractivity contribution in [2.24, 2.45) is 5.92 Å². The highest BCUT2D eigenvalue weighted by atomic mass is 16.5. The van der Waals surface area contributed by atoms with Crippen LogP contribution in [-0.2, 0) is 0 Å². The van der Waals surface area contributed by atoms with E-state index in [1.165, 1.54) is 6.07 Å². The second-order valence-corrected chi connectivity index (χ2v) is 4.91. The molecule has 21 heavy (non-hydrogen) atoms. The number of rotatable bonds is 6. The van der Waals surface area contributed by atoms with Crippen molar-refractivity contribution in [2.75, 3.05) is 12.3 Å². The molecule has 0 radical (unpaired) electrons. The predicted molar refractivity (Wildman–Crippen MR) is 80.5 cm³/mol. The number of hydrogen-bond acceptors (Lipinski definition) is 5. The number of aromatic carboxylic acids is 1. The molecule has 0 aliphatic carbocycles. The van der Waals surface area contributed by atoms with Crippen LogP contribution < -0.4 is 10.5 Å². The fraction of sp³-hybridized carbons (Fsp3) is 0.400. The lowest BCUT2D eigenvalue weighted by Crippen LogP contribution is -2.11. The van der Waals surface area contributed by atoms with Crippen LogP contribution in [0.2, 0.25) is 0 Å². The third-order valence-corrected chi connectivity index (χ3v) is 3.50. The molecule has 0 saturated heterocycles. The topological polar surface area (TPSA) is 98.3 Å². The van der Waals surface area contributed by atoms with Gasteiger partial charge in [0.25, 0.3) is 0 Å². The van der Waals surface area contributed by atoms with E-state index in [2.05, 4.69) is 23.8 Å². The lowest BCUT2D eigenvalue weighted by atomic mass is 10.1. The van der Waals surface area contributed by atoms with E-state index in [0.29, 0.717) is 29.5 Å². The average molecular weight is 289 g/mol. The Morgan fingerprint density at radius 2 is 2.05 bits per heavy atom. The van der Waals surface area contributed by atoms with E-state index in [1.54, 1.807) is 12.1 Å². The van der Waals surface area contributed by atoms with E-state index in [4.69, 9.17) is 15.6 Å². The molecule has 0 saturated carbocycles. The van der Waals surface area contributed by atoms with E-state index in [9.17, 15) is 4.79 Å². The minimum Gasteiger partial charge on any atom is -0.492 e. The Hall–Kier alpha value is -2.37. The van der Waals surface area contributed by atoms with Gasteiger partial charge in [-0.25, -0.2) is 14.8 Å². The van der Waals surface area contributed by atoms with Crippen LogP contribution in [0.15, 0.2) is 18.2 Å². The molecule has 0 spiro atoms. The predicted octanol–water partition coefficient (Wildman–Crippen LogP) is 2.73. The molecule has 0 amide bonds. The molecule has 2 aromatic rings. The smallest absolute Gasteiger partial charge is 0.354 e. The van der Waals surface area contributed by atoms with Gasteiger partial charge < -0.3 is 15.6 Å². The van der Waals surface area contributed by atoms with E-state index in [-0.39, 0.29) is 11.3 Å². The largest absolute Gasteiger partial charge is 0.492 e. The lowest BCUT2D eigenvalue weighted by molar-refractivity contribution is 0.0690. The Kier molecular flexibility index (Phi) is 4.57. The third-order valence-electron chi connectivity index (χ3n) is 3.50. The third kappa shape index (κ3) is 3.39. The van der Waals surface area contributed by atoms with Crippen LogP contribution in [0, 0.1) is 5.92 Å². The molecule has 2 aromatic heterocycles. The first-order valence-electron chi connectivity index (χ1n) is 6.98. The summed E-state index contributed by atoms with van der Waals surface area (Å²) in [5.41, 5.74) is 5.82. The summed E-state index contributed by atoms with van der Waals surface area (Å²) in [4.78, 5) is 19.2. The molecule has 2 heterocycles. The highest BCUT2D eigenvalue weighted by Crippen LogP contribution is 2.26. The van der Waals surface area contributed by atoms with Crippen LogP contribution >= 0.6 is 0 Å². The molecular formula is C15H19N3O3. The van der Waals surface area contributed by atoms with Crippen molar-refractivity contribution in [3.05, 3.63) is 23.9 Å². The van der Waals surface area contributed by atoms with Crippen molar-refractivity contribution in [3.8, 4) is 5.75 Å². The van der Waals surface area contributed by atoms with Crippen LogP contribution in [0.1, 0.15) is 37.2 Å². The minimum absolute atomic E-state index is 0.0971. The van der Waals surface area contributed by atoms with Gasteiger partial charge in [0.2, 0.25) is 0 Å². The standard InChI is InChI=1S/C15H19N3O3/c1-3-9(4-2)8-21-12-7-11(15(19)20)17-14-10(12)5-6-13(16)18-14/h5-7,9H,3-4,8H2,1-2H3,(H,19,20)(H2,16,17,18). The molecule has 0 aliphatic heterocycles. The summed E-state index contributed by atoms with van der Waals surface area (Å²) in [5.74, 6) is 0.0945. The highest BCUT2D eigenvalue weighted by Gasteiger charge is 2.14. The molecule has 0 aliphatic rings. The first-order valence-corrected chi connectivity index (χ1v) is 6.98. The summed E-state index contributed by atoms with van der Waals surface area (Å²) >= 11 is 0. The second kappa shape index (κ2) is 6.39. The summed E-state index contributed by atoms with van der Waals surface area (Å²) < 4.78 is 5.81. The number of pyridine rings is 2. The molecular weight excluding hydrogens is 270 g/mol. The normalized spacial score (nSPS) is 11.0. The number of fused-ring (bicyclic) bond motifs is 1. The van der Waals surface area contributed by atoms with Crippen molar-refractivity contribution in [3.63, 3.8) is 0 Å². The van der Waals surface area contributed by atoms with Gasteiger partial charge in [-0.1, -0.05) is 26.7 Å². The average Bonchev–Trinajstić information content (AvgIpc) is 2.47. The number of hydrogen-bond donors (Lipinski definition) is 2. The first kappa shape index (κ1) is 15.0. The fourth-order valence-corrected chi connectivity index (χ4v) is 2.05. The Morgan fingerprint density at radius 3 is 2.67 bits per heavy atom. The number of carboxylic acids is 1. The van der Waals surface area contributed by atoms with Gasteiger partial charge in [-0.05, 0) is 18.1 Å². The molecule has 0 bridgehead atoms. The van der Waals surface area contributed by atoms with Crippen molar-refractivity contribution >= 4 is 22.8 Å². The SMILES string of the molecule is CCC(CC)COc1cc(C(=O)O)nc2nc(N)ccc12. The monoisotopic (exact) mass is 289 g/mol. The summed E-state index contributed by atoms with van der Waals surface area (Å²) in [6, 6.07) is 4.83. The molecule has 3 N–H and O–H groups in total. The van der Waals surface area contributed by atoms with E-state index < -0.39 is 5.97 Å². The molecule has 0 fully saturated rings. The van der Waals surface area contributed by atoms with Crippen molar-refractivity contribution in [2.45, 2.75) is 26.7 Å². The van der Waals surface area contributed by atoms with Gasteiger partial charge in [-0.15, -0.1) is 0 Å². The minimum atomic E-state index is -1.12. The van der Waals surface area contributed by atoms with Crippen molar-refractivity contribution in [1.29, 1.82) is 0 Å².